The number of halogens is 1. The van der Waals surface area contributed by atoms with Gasteiger partial charge in [0.2, 0.25) is 5.91 Å². The summed E-state index contributed by atoms with van der Waals surface area (Å²) in [5.74, 6) is -1.36. The van der Waals surface area contributed by atoms with E-state index in [9.17, 15) is 18.8 Å². The summed E-state index contributed by atoms with van der Waals surface area (Å²) < 4.78 is 18.2. The number of piperidine rings is 1. The highest BCUT2D eigenvalue weighted by atomic mass is 19.1. The van der Waals surface area contributed by atoms with Crippen molar-refractivity contribution in [1.29, 1.82) is 0 Å². The van der Waals surface area contributed by atoms with Crippen molar-refractivity contribution in [2.75, 3.05) is 19.6 Å². The minimum absolute atomic E-state index is 0. The summed E-state index contributed by atoms with van der Waals surface area (Å²) in [5, 5.41) is 2.61. The fraction of sp³-hybridized carbons (Fsp3) is 0.526. The van der Waals surface area contributed by atoms with E-state index in [4.69, 9.17) is 4.74 Å². The third-order valence-corrected chi connectivity index (χ3v) is 4.03. The predicted molar refractivity (Wildman–Crippen MR) is 96.4 cm³/mol. The topological polar surface area (TPSA) is 75.7 Å². The van der Waals surface area contributed by atoms with Crippen LogP contribution in [0, 0.1) is 11.7 Å². The molecule has 1 unspecified atom stereocenters. The van der Waals surface area contributed by atoms with Crippen LogP contribution in [0.25, 0.3) is 0 Å². The number of likely N-dealkylation sites (tertiary alicyclic amines) is 1. The van der Waals surface area contributed by atoms with Gasteiger partial charge in [-0.3, -0.25) is 9.59 Å². The molecule has 0 bridgehead atoms. The van der Waals surface area contributed by atoms with Crippen LogP contribution in [0.3, 0.4) is 0 Å². The number of amides is 2. The smallest absolute Gasteiger partial charge is 0.410 e. The number of Topliss-reactive ketones (excluding diaryl/α,β-unsaturated/α-hetero) is 1. The highest BCUT2D eigenvalue weighted by Crippen LogP contribution is 2.19. The fourth-order valence-corrected chi connectivity index (χ4v) is 2.73. The Morgan fingerprint density at radius 3 is 2.54 bits per heavy atom. The highest BCUT2D eigenvalue weighted by Gasteiger charge is 2.31. The second-order valence-corrected chi connectivity index (χ2v) is 7.41. The molecule has 1 N–H and O–H groups in total. The van der Waals surface area contributed by atoms with Crippen LogP contribution in [-0.4, -0.2) is 47.9 Å². The van der Waals surface area contributed by atoms with Crippen LogP contribution in [0.2, 0.25) is 0 Å². The van der Waals surface area contributed by atoms with Gasteiger partial charge in [0.15, 0.2) is 5.78 Å². The Labute approximate surface area is 154 Å². The maximum Gasteiger partial charge on any atom is 0.410 e. The van der Waals surface area contributed by atoms with E-state index in [2.05, 4.69) is 5.32 Å². The van der Waals surface area contributed by atoms with Crippen LogP contribution < -0.4 is 5.32 Å². The van der Waals surface area contributed by atoms with Crippen molar-refractivity contribution in [3.63, 3.8) is 0 Å². The lowest BCUT2D eigenvalue weighted by atomic mass is 9.97. The van der Waals surface area contributed by atoms with Gasteiger partial charge in [0, 0.05) is 20.1 Å². The second kappa shape index (κ2) is 8.29. The molecule has 1 saturated heterocycles. The average molecular weight is 366 g/mol. The number of hydrogen-bond donors (Lipinski definition) is 1. The van der Waals surface area contributed by atoms with Gasteiger partial charge >= 0.3 is 6.09 Å². The Kier molecular flexibility index (Phi) is 6.34. The van der Waals surface area contributed by atoms with Crippen molar-refractivity contribution in [3.8, 4) is 0 Å². The number of carbonyl (C=O) groups is 3. The second-order valence-electron chi connectivity index (χ2n) is 7.41. The van der Waals surface area contributed by atoms with Crippen LogP contribution in [0.1, 0.15) is 45.4 Å². The van der Waals surface area contributed by atoms with Gasteiger partial charge in [-0.1, -0.05) is 0 Å². The lowest BCUT2D eigenvalue weighted by Gasteiger charge is -2.33. The zero-order chi connectivity index (χ0) is 19.3. The summed E-state index contributed by atoms with van der Waals surface area (Å²) in [4.78, 5) is 38.1. The Morgan fingerprint density at radius 2 is 1.92 bits per heavy atom. The van der Waals surface area contributed by atoms with E-state index in [1.165, 1.54) is 29.2 Å². The van der Waals surface area contributed by atoms with Gasteiger partial charge in [-0.2, -0.15) is 0 Å². The van der Waals surface area contributed by atoms with Gasteiger partial charge < -0.3 is 15.0 Å². The molecule has 144 valence electrons. The first-order valence-corrected chi connectivity index (χ1v) is 8.70. The molecule has 1 heterocycles. The van der Waals surface area contributed by atoms with Crippen molar-refractivity contribution in [2.24, 2.45) is 5.92 Å². The van der Waals surface area contributed by atoms with Crippen molar-refractivity contribution >= 4 is 17.8 Å². The summed E-state index contributed by atoms with van der Waals surface area (Å²) in [6, 6.07) is 5.17. The van der Waals surface area contributed by atoms with Gasteiger partial charge in [-0.05, 0) is 57.9 Å². The molecule has 1 aromatic carbocycles. The largest absolute Gasteiger partial charge is 0.444 e. The fourth-order valence-electron chi connectivity index (χ4n) is 2.73. The number of carbonyl (C=O) groups excluding carboxylic acids is 3. The number of ketones is 1. The molecule has 2 amide bonds. The van der Waals surface area contributed by atoms with E-state index in [-0.39, 0.29) is 32.1 Å². The molecule has 0 saturated carbocycles. The molecule has 7 heteroatoms. The molecule has 1 fully saturated rings. The molecule has 1 atom stereocenters. The quantitative estimate of drug-likeness (QED) is 0.831. The van der Waals surface area contributed by atoms with Crippen LogP contribution in [0.4, 0.5) is 9.18 Å². The Morgan fingerprint density at radius 1 is 1.27 bits per heavy atom. The summed E-state index contributed by atoms with van der Waals surface area (Å²) in [7, 11) is 0. The zero-order valence-electron chi connectivity index (χ0n) is 15.4. The SMILES string of the molecule is CC(C)(C)OC(=O)N1CCCC(C(=O)NCC(=O)c2ccc(F)cc2)C1.[HH]. The van der Waals surface area contributed by atoms with E-state index < -0.39 is 17.5 Å². The number of nitrogens with zero attached hydrogens (tertiary/aromatic N) is 1. The summed E-state index contributed by atoms with van der Waals surface area (Å²) in [6.07, 6.45) is 0.913. The molecule has 1 aromatic rings. The summed E-state index contributed by atoms with van der Waals surface area (Å²) in [6.45, 7) is 6.03. The minimum Gasteiger partial charge on any atom is -0.444 e. The van der Waals surface area contributed by atoms with Gasteiger partial charge in [-0.15, -0.1) is 0 Å². The average Bonchev–Trinajstić information content (AvgIpc) is 2.58. The first-order chi connectivity index (χ1) is 12.2. The maximum absolute atomic E-state index is 12.9. The van der Waals surface area contributed by atoms with Gasteiger partial charge in [0.05, 0.1) is 12.5 Å². The van der Waals surface area contributed by atoms with Crippen LogP contribution in [0.5, 0.6) is 0 Å². The molecule has 2 rings (SSSR count). The van der Waals surface area contributed by atoms with E-state index >= 15 is 0 Å². The van der Waals surface area contributed by atoms with Gasteiger partial charge in [0.1, 0.15) is 11.4 Å². The maximum atomic E-state index is 12.9. The molecular formula is C19H27FN2O4. The minimum atomic E-state index is -0.589. The van der Waals surface area contributed by atoms with Crippen molar-refractivity contribution in [1.82, 2.24) is 10.2 Å². The normalized spacial score (nSPS) is 17.5. The summed E-state index contributed by atoms with van der Waals surface area (Å²) >= 11 is 0. The number of benzene rings is 1. The standard InChI is InChI=1S/C19H25FN2O4.H2/c1-19(2,3)26-18(25)22-10-4-5-14(12-22)17(24)21-11-16(23)13-6-8-15(20)9-7-13;/h6-9,14H,4-5,10-12H2,1-3H3,(H,21,24);1H. The molecule has 1 aliphatic rings. The lowest BCUT2D eigenvalue weighted by Crippen LogP contribution is -2.47. The van der Waals surface area contributed by atoms with E-state index in [1.807, 2.05) is 0 Å². The number of rotatable bonds is 4. The van der Waals surface area contributed by atoms with Crippen LogP contribution >= 0.6 is 0 Å². The molecule has 0 radical (unpaired) electrons. The van der Waals surface area contributed by atoms with Crippen molar-refractivity contribution in [2.45, 2.75) is 39.2 Å². The van der Waals surface area contributed by atoms with E-state index in [0.29, 0.717) is 24.9 Å². The molecule has 0 spiro atoms. The predicted octanol–water partition coefficient (Wildman–Crippen LogP) is 3.02. The molecular weight excluding hydrogens is 339 g/mol. The van der Waals surface area contributed by atoms with E-state index in [1.54, 1.807) is 20.8 Å². The van der Waals surface area contributed by atoms with Gasteiger partial charge in [0.25, 0.3) is 0 Å². The van der Waals surface area contributed by atoms with Crippen molar-refractivity contribution in [3.05, 3.63) is 35.6 Å². The van der Waals surface area contributed by atoms with Crippen LogP contribution in [-0.2, 0) is 9.53 Å². The lowest BCUT2D eigenvalue weighted by molar-refractivity contribution is -0.126. The molecule has 6 nitrogen and oxygen atoms in total. The molecule has 0 aliphatic carbocycles. The van der Waals surface area contributed by atoms with Gasteiger partial charge in [-0.25, -0.2) is 9.18 Å². The van der Waals surface area contributed by atoms with Crippen molar-refractivity contribution < 1.29 is 24.9 Å². The van der Waals surface area contributed by atoms with E-state index in [0.717, 1.165) is 0 Å². The number of hydrogen-bond acceptors (Lipinski definition) is 4. The molecule has 26 heavy (non-hydrogen) atoms. The molecule has 1 aliphatic heterocycles. The number of nitrogens with one attached hydrogen (secondary N) is 1. The Hall–Kier alpha value is -2.44. The first-order valence-electron chi connectivity index (χ1n) is 8.70. The zero-order valence-corrected chi connectivity index (χ0v) is 15.4. The first kappa shape index (κ1) is 19.9. The third kappa shape index (κ3) is 5.82. The Balaban J connectivity index is 0.00000364. The third-order valence-electron chi connectivity index (χ3n) is 4.03. The Bertz CT molecular complexity index is 673. The molecule has 0 aromatic heterocycles. The highest BCUT2D eigenvalue weighted by molar-refractivity contribution is 5.99. The van der Waals surface area contributed by atoms with Crippen LogP contribution in [0.15, 0.2) is 24.3 Å². The summed E-state index contributed by atoms with van der Waals surface area (Å²) in [5.41, 5.74) is -0.251. The monoisotopic (exact) mass is 366 g/mol. The number of ether oxygens (including phenoxy) is 1.